The molecule has 2 fully saturated rings. The van der Waals surface area contributed by atoms with Crippen molar-refractivity contribution >= 4 is 12.2 Å². The van der Waals surface area contributed by atoms with Gasteiger partial charge in [0.25, 0.3) is 0 Å². The lowest BCUT2D eigenvalue weighted by molar-refractivity contribution is -0.133. The molecule has 0 radical (unpaired) electrons. The quantitative estimate of drug-likeness (QED) is 0.711. The molecule has 2 aliphatic rings. The topological polar surface area (TPSA) is 40.6 Å². The van der Waals surface area contributed by atoms with Gasteiger partial charge in [-0.1, -0.05) is 6.42 Å². The van der Waals surface area contributed by atoms with Crippen LogP contribution in [0.2, 0.25) is 0 Å². The molecule has 2 heterocycles. The molecular weight excluding hydrogens is 228 g/mol. The van der Waals surface area contributed by atoms with Gasteiger partial charge in [0, 0.05) is 32.0 Å². The molecule has 4 heteroatoms. The van der Waals surface area contributed by atoms with Gasteiger partial charge in [-0.15, -0.1) is 0 Å². The van der Waals surface area contributed by atoms with Crippen molar-refractivity contribution in [2.45, 2.75) is 51.0 Å². The smallest absolute Gasteiger partial charge is 0.222 e. The number of carbonyl (C=O) groups is 2. The minimum atomic E-state index is 0.152. The van der Waals surface area contributed by atoms with Crippen LogP contribution in [0.1, 0.15) is 44.9 Å². The summed E-state index contributed by atoms with van der Waals surface area (Å²) in [6, 6.07) is 0.681. The van der Waals surface area contributed by atoms with E-state index in [9.17, 15) is 9.59 Å². The van der Waals surface area contributed by atoms with Crippen molar-refractivity contribution in [2.24, 2.45) is 0 Å². The Kier molecular flexibility index (Phi) is 5.17. The van der Waals surface area contributed by atoms with Gasteiger partial charge >= 0.3 is 0 Å². The second kappa shape index (κ2) is 6.88. The van der Waals surface area contributed by atoms with Gasteiger partial charge in [-0.3, -0.25) is 4.79 Å². The third kappa shape index (κ3) is 3.55. The molecule has 0 bridgehead atoms. The fraction of sp³-hybridized carbons (Fsp3) is 0.857. The molecule has 102 valence electrons. The lowest BCUT2D eigenvalue weighted by atomic mass is 9.99. The van der Waals surface area contributed by atoms with Crippen molar-refractivity contribution in [2.75, 3.05) is 26.2 Å². The minimum absolute atomic E-state index is 0.152. The lowest BCUT2D eigenvalue weighted by Gasteiger charge is -2.40. The first-order valence-electron chi connectivity index (χ1n) is 7.26. The zero-order chi connectivity index (χ0) is 12.8. The van der Waals surface area contributed by atoms with Crippen LogP contribution in [0.5, 0.6) is 0 Å². The van der Waals surface area contributed by atoms with E-state index in [4.69, 9.17) is 0 Å². The predicted molar refractivity (Wildman–Crippen MR) is 70.3 cm³/mol. The zero-order valence-electron chi connectivity index (χ0n) is 11.1. The number of aldehydes is 1. The summed E-state index contributed by atoms with van der Waals surface area (Å²) in [5.74, 6) is 0.152. The van der Waals surface area contributed by atoms with E-state index in [1.807, 2.05) is 4.90 Å². The van der Waals surface area contributed by atoms with Gasteiger partial charge in [-0.25, -0.2) is 0 Å². The second-order valence-electron chi connectivity index (χ2n) is 5.41. The second-order valence-corrected chi connectivity index (χ2v) is 5.41. The van der Waals surface area contributed by atoms with Gasteiger partial charge in [-0.05, 0) is 38.8 Å². The summed E-state index contributed by atoms with van der Waals surface area (Å²) < 4.78 is 0. The molecule has 0 unspecified atom stereocenters. The summed E-state index contributed by atoms with van der Waals surface area (Å²) in [5.41, 5.74) is 0. The summed E-state index contributed by atoms with van der Waals surface area (Å²) in [7, 11) is 0. The van der Waals surface area contributed by atoms with Crippen LogP contribution in [-0.4, -0.2) is 54.2 Å². The average molecular weight is 252 g/mol. The van der Waals surface area contributed by atoms with E-state index >= 15 is 0 Å². The molecule has 0 aliphatic carbocycles. The van der Waals surface area contributed by atoms with Gasteiger partial charge in [0.05, 0.1) is 0 Å². The number of amides is 1. The maximum absolute atomic E-state index is 11.8. The largest absolute Gasteiger partial charge is 0.343 e. The van der Waals surface area contributed by atoms with Crippen LogP contribution in [0.25, 0.3) is 0 Å². The highest BCUT2D eigenvalue weighted by molar-refractivity contribution is 5.78. The van der Waals surface area contributed by atoms with Crippen LogP contribution in [0.3, 0.4) is 0 Å². The molecule has 0 spiro atoms. The summed E-state index contributed by atoms with van der Waals surface area (Å²) in [5, 5.41) is 0. The standard InChI is InChI=1S/C14H24N2O2/c17-12-4-5-14(18)16-10-6-13(7-11-16)15-8-2-1-3-9-15/h12-13H,1-11H2. The van der Waals surface area contributed by atoms with Crippen LogP contribution < -0.4 is 0 Å². The van der Waals surface area contributed by atoms with Crippen molar-refractivity contribution in [1.82, 2.24) is 9.80 Å². The highest BCUT2D eigenvalue weighted by Crippen LogP contribution is 2.21. The predicted octanol–water partition coefficient (Wildman–Crippen LogP) is 1.44. The van der Waals surface area contributed by atoms with Crippen LogP contribution in [0, 0.1) is 0 Å². The fourth-order valence-corrected chi connectivity index (χ4v) is 3.10. The number of hydrogen-bond donors (Lipinski definition) is 0. The Morgan fingerprint density at radius 1 is 1.06 bits per heavy atom. The Morgan fingerprint density at radius 3 is 2.33 bits per heavy atom. The molecule has 2 aliphatic heterocycles. The van der Waals surface area contributed by atoms with E-state index in [0.717, 1.165) is 32.2 Å². The van der Waals surface area contributed by atoms with Crippen molar-refractivity contribution < 1.29 is 9.59 Å². The third-order valence-corrected chi connectivity index (χ3v) is 4.20. The number of hydrogen-bond acceptors (Lipinski definition) is 3. The van der Waals surface area contributed by atoms with E-state index in [2.05, 4.69) is 4.90 Å². The third-order valence-electron chi connectivity index (χ3n) is 4.20. The van der Waals surface area contributed by atoms with E-state index < -0.39 is 0 Å². The first-order valence-corrected chi connectivity index (χ1v) is 7.26. The van der Waals surface area contributed by atoms with Gasteiger partial charge in [0.1, 0.15) is 6.29 Å². The first kappa shape index (κ1) is 13.5. The van der Waals surface area contributed by atoms with E-state index in [0.29, 0.717) is 18.9 Å². The number of nitrogens with zero attached hydrogens (tertiary/aromatic N) is 2. The lowest BCUT2D eigenvalue weighted by Crippen LogP contribution is -2.48. The molecule has 0 aromatic rings. The summed E-state index contributed by atoms with van der Waals surface area (Å²) in [4.78, 5) is 26.6. The molecule has 18 heavy (non-hydrogen) atoms. The highest BCUT2D eigenvalue weighted by Gasteiger charge is 2.27. The number of rotatable bonds is 4. The van der Waals surface area contributed by atoms with Crippen molar-refractivity contribution in [3.8, 4) is 0 Å². The van der Waals surface area contributed by atoms with Crippen molar-refractivity contribution in [1.29, 1.82) is 0 Å². The maximum Gasteiger partial charge on any atom is 0.222 e. The van der Waals surface area contributed by atoms with Crippen LogP contribution in [0.4, 0.5) is 0 Å². The van der Waals surface area contributed by atoms with Crippen molar-refractivity contribution in [3.05, 3.63) is 0 Å². The molecular formula is C14H24N2O2. The van der Waals surface area contributed by atoms with Crippen molar-refractivity contribution in [3.63, 3.8) is 0 Å². The van der Waals surface area contributed by atoms with Gasteiger partial charge in [0.2, 0.25) is 5.91 Å². The van der Waals surface area contributed by atoms with Gasteiger partial charge < -0.3 is 14.6 Å². The van der Waals surface area contributed by atoms with Gasteiger partial charge in [-0.2, -0.15) is 0 Å². The maximum atomic E-state index is 11.8. The molecule has 0 saturated carbocycles. The molecule has 4 nitrogen and oxygen atoms in total. The Balaban J connectivity index is 1.73. The monoisotopic (exact) mass is 252 g/mol. The minimum Gasteiger partial charge on any atom is -0.343 e. The van der Waals surface area contributed by atoms with Crippen LogP contribution in [-0.2, 0) is 9.59 Å². The molecule has 0 aromatic carbocycles. The fourth-order valence-electron chi connectivity index (χ4n) is 3.10. The number of piperidine rings is 2. The van der Waals surface area contributed by atoms with Crippen LogP contribution >= 0.6 is 0 Å². The number of carbonyl (C=O) groups excluding carboxylic acids is 2. The first-order chi connectivity index (χ1) is 8.81. The molecule has 0 aromatic heterocycles. The Hall–Kier alpha value is -0.900. The zero-order valence-corrected chi connectivity index (χ0v) is 11.1. The molecule has 1 amide bonds. The summed E-state index contributed by atoms with van der Waals surface area (Å²) >= 11 is 0. The summed E-state index contributed by atoms with van der Waals surface area (Å²) in [6.07, 6.45) is 7.83. The Bertz CT molecular complexity index is 280. The Morgan fingerprint density at radius 2 is 1.72 bits per heavy atom. The molecule has 2 saturated heterocycles. The number of likely N-dealkylation sites (tertiary alicyclic amines) is 2. The molecule has 0 N–H and O–H groups in total. The normalized spacial score (nSPS) is 23.0. The van der Waals surface area contributed by atoms with E-state index in [-0.39, 0.29) is 5.91 Å². The molecule has 2 rings (SSSR count). The summed E-state index contributed by atoms with van der Waals surface area (Å²) in [6.45, 7) is 4.23. The van der Waals surface area contributed by atoms with Crippen LogP contribution in [0.15, 0.2) is 0 Å². The Labute approximate surface area is 109 Å². The SMILES string of the molecule is O=CCCC(=O)N1CCC(N2CCCCC2)CC1. The average Bonchev–Trinajstić information content (AvgIpc) is 2.46. The van der Waals surface area contributed by atoms with E-state index in [1.165, 1.54) is 32.4 Å². The van der Waals surface area contributed by atoms with E-state index in [1.54, 1.807) is 0 Å². The highest BCUT2D eigenvalue weighted by atomic mass is 16.2. The van der Waals surface area contributed by atoms with Gasteiger partial charge in [0.15, 0.2) is 0 Å². The molecule has 0 atom stereocenters.